The Morgan fingerprint density at radius 2 is 1.91 bits per heavy atom. The monoisotopic (exact) mass is 496 g/mol. The molecule has 6 nitrogen and oxygen atoms in total. The second-order valence-corrected chi connectivity index (χ2v) is 11.0. The molecule has 33 heavy (non-hydrogen) atoms. The summed E-state index contributed by atoms with van der Waals surface area (Å²) in [6.07, 6.45) is 2.05. The Kier molecular flexibility index (Phi) is 6.83. The standard InChI is InChI=1S/C24H24N4O2S3/c1-13-15(3)32-22-20(13)23(30)28(4)24(27-22)31-12-19(29)26-21-17(11-25)14(2)18(33-21)10-16-8-6-5-7-9-16/h5-9,11,25H,10,12H2,1-4H3,(H,26,29). The molecule has 1 amide bonds. The number of hydrogen-bond acceptors (Lipinski definition) is 7. The Hall–Kier alpha value is -2.75. The zero-order chi connectivity index (χ0) is 23.7. The number of carbonyl (C=O) groups excluding carboxylic acids is 1. The van der Waals surface area contributed by atoms with Crippen molar-refractivity contribution in [2.45, 2.75) is 32.3 Å². The summed E-state index contributed by atoms with van der Waals surface area (Å²) in [7, 11) is 1.69. The third kappa shape index (κ3) is 4.66. The maximum atomic E-state index is 12.8. The molecule has 9 heteroatoms. The van der Waals surface area contributed by atoms with E-state index in [1.165, 1.54) is 50.8 Å². The zero-order valence-electron chi connectivity index (χ0n) is 18.8. The SMILES string of the molecule is Cc1sc2nc(SCC(=O)Nc3sc(Cc4ccccc4)c(C)c3C=N)n(C)c(=O)c2c1C. The third-order valence-electron chi connectivity index (χ3n) is 5.60. The van der Waals surface area contributed by atoms with Gasteiger partial charge >= 0.3 is 0 Å². The van der Waals surface area contributed by atoms with Crippen LogP contribution in [-0.2, 0) is 18.3 Å². The van der Waals surface area contributed by atoms with Crippen molar-refractivity contribution < 1.29 is 4.79 Å². The van der Waals surface area contributed by atoms with Crippen LogP contribution in [0, 0.1) is 26.2 Å². The highest BCUT2D eigenvalue weighted by molar-refractivity contribution is 7.99. The summed E-state index contributed by atoms with van der Waals surface area (Å²) in [6, 6.07) is 10.1. The lowest BCUT2D eigenvalue weighted by Gasteiger charge is -2.08. The number of thioether (sulfide) groups is 1. The van der Waals surface area contributed by atoms with Crippen molar-refractivity contribution in [1.29, 1.82) is 5.41 Å². The molecule has 0 aliphatic rings. The minimum absolute atomic E-state index is 0.0877. The van der Waals surface area contributed by atoms with Crippen LogP contribution in [0.25, 0.3) is 10.2 Å². The lowest BCUT2D eigenvalue weighted by molar-refractivity contribution is -0.113. The van der Waals surface area contributed by atoms with Crippen LogP contribution >= 0.6 is 34.4 Å². The topological polar surface area (TPSA) is 87.8 Å². The van der Waals surface area contributed by atoms with E-state index in [9.17, 15) is 9.59 Å². The molecule has 0 bridgehead atoms. The predicted molar refractivity (Wildman–Crippen MR) is 140 cm³/mol. The average Bonchev–Trinajstić information content (AvgIpc) is 3.25. The van der Waals surface area contributed by atoms with Gasteiger partial charge in [-0.25, -0.2) is 4.98 Å². The number of benzene rings is 1. The molecule has 0 fully saturated rings. The molecule has 1 aromatic carbocycles. The fraction of sp³-hybridized carbons (Fsp3) is 0.250. The third-order valence-corrected chi connectivity index (χ3v) is 8.95. The van der Waals surface area contributed by atoms with E-state index in [1.807, 2.05) is 39.0 Å². The lowest BCUT2D eigenvalue weighted by atomic mass is 10.1. The summed E-state index contributed by atoms with van der Waals surface area (Å²) in [5, 5.41) is 12.6. The van der Waals surface area contributed by atoms with Crippen LogP contribution < -0.4 is 10.9 Å². The Bertz CT molecular complexity index is 1420. The van der Waals surface area contributed by atoms with E-state index in [1.54, 1.807) is 7.05 Å². The number of carbonyl (C=O) groups is 1. The zero-order valence-corrected chi connectivity index (χ0v) is 21.3. The first-order chi connectivity index (χ1) is 15.8. The van der Waals surface area contributed by atoms with Crippen molar-refractivity contribution in [1.82, 2.24) is 9.55 Å². The highest BCUT2D eigenvalue weighted by atomic mass is 32.2. The van der Waals surface area contributed by atoms with E-state index in [2.05, 4.69) is 22.4 Å². The number of amides is 1. The molecule has 0 aliphatic heterocycles. The molecule has 3 heterocycles. The molecule has 2 N–H and O–H groups in total. The smallest absolute Gasteiger partial charge is 0.262 e. The molecule has 0 saturated heterocycles. The number of nitrogens with zero attached hydrogens (tertiary/aromatic N) is 2. The van der Waals surface area contributed by atoms with Crippen molar-refractivity contribution in [3.63, 3.8) is 0 Å². The van der Waals surface area contributed by atoms with Gasteiger partial charge in [-0.3, -0.25) is 14.2 Å². The largest absolute Gasteiger partial charge is 0.316 e. The molecule has 0 radical (unpaired) electrons. The molecule has 0 aliphatic carbocycles. The number of anilines is 1. The second-order valence-electron chi connectivity index (χ2n) is 7.76. The van der Waals surface area contributed by atoms with Crippen LogP contribution in [0.1, 0.15) is 32.0 Å². The number of rotatable bonds is 7. The van der Waals surface area contributed by atoms with E-state index in [0.29, 0.717) is 20.4 Å². The van der Waals surface area contributed by atoms with Gasteiger partial charge in [-0.15, -0.1) is 22.7 Å². The highest BCUT2D eigenvalue weighted by Gasteiger charge is 2.18. The Morgan fingerprint density at radius 1 is 1.18 bits per heavy atom. The van der Waals surface area contributed by atoms with Gasteiger partial charge in [-0.05, 0) is 37.5 Å². The van der Waals surface area contributed by atoms with Crippen molar-refractivity contribution in [3.05, 3.63) is 72.7 Å². The molecule has 170 valence electrons. The first kappa shape index (κ1) is 23.4. The van der Waals surface area contributed by atoms with Crippen molar-refractivity contribution in [2.24, 2.45) is 7.05 Å². The van der Waals surface area contributed by atoms with Crippen LogP contribution in [0.3, 0.4) is 0 Å². The fourth-order valence-corrected chi connectivity index (χ4v) is 6.65. The predicted octanol–water partition coefficient (Wildman–Crippen LogP) is 5.30. The number of aryl methyl sites for hydroxylation is 2. The molecule has 4 aromatic rings. The Balaban J connectivity index is 1.50. The van der Waals surface area contributed by atoms with Crippen LogP contribution in [-0.4, -0.2) is 27.4 Å². The van der Waals surface area contributed by atoms with E-state index in [0.717, 1.165) is 32.9 Å². The number of thiophene rings is 2. The van der Waals surface area contributed by atoms with Gasteiger partial charge in [0.05, 0.1) is 11.1 Å². The summed E-state index contributed by atoms with van der Waals surface area (Å²) in [5.41, 5.74) is 3.82. The summed E-state index contributed by atoms with van der Waals surface area (Å²) in [4.78, 5) is 33.1. The molecule has 0 atom stereocenters. The van der Waals surface area contributed by atoms with Gasteiger partial charge in [0.15, 0.2) is 5.16 Å². The molecule has 4 rings (SSSR count). The number of aromatic nitrogens is 2. The van der Waals surface area contributed by atoms with Gasteiger partial charge < -0.3 is 10.7 Å². The summed E-state index contributed by atoms with van der Waals surface area (Å²) in [6.45, 7) is 5.91. The first-order valence-electron chi connectivity index (χ1n) is 10.4. The molecular weight excluding hydrogens is 472 g/mol. The molecule has 0 spiro atoms. The van der Waals surface area contributed by atoms with Gasteiger partial charge in [0, 0.05) is 35.0 Å². The van der Waals surface area contributed by atoms with Crippen molar-refractivity contribution in [3.8, 4) is 0 Å². The van der Waals surface area contributed by atoms with E-state index in [-0.39, 0.29) is 17.2 Å². The Morgan fingerprint density at radius 3 is 2.61 bits per heavy atom. The van der Waals surface area contributed by atoms with Crippen LogP contribution in [0.2, 0.25) is 0 Å². The van der Waals surface area contributed by atoms with Crippen LogP contribution in [0.15, 0.2) is 40.3 Å². The summed E-state index contributed by atoms with van der Waals surface area (Å²) < 4.78 is 1.51. The fourth-order valence-electron chi connectivity index (χ4n) is 3.57. The quantitative estimate of drug-likeness (QED) is 0.206. The van der Waals surface area contributed by atoms with E-state index < -0.39 is 0 Å². The van der Waals surface area contributed by atoms with Gasteiger partial charge in [-0.1, -0.05) is 42.1 Å². The summed E-state index contributed by atoms with van der Waals surface area (Å²) >= 11 is 4.25. The maximum Gasteiger partial charge on any atom is 0.262 e. The average molecular weight is 497 g/mol. The number of hydrogen-bond donors (Lipinski definition) is 2. The van der Waals surface area contributed by atoms with Gasteiger partial charge in [-0.2, -0.15) is 0 Å². The van der Waals surface area contributed by atoms with Crippen LogP contribution in [0.5, 0.6) is 0 Å². The summed E-state index contributed by atoms with van der Waals surface area (Å²) in [5.74, 6) is -0.0687. The van der Waals surface area contributed by atoms with Gasteiger partial charge in [0.1, 0.15) is 9.83 Å². The minimum atomic E-state index is -0.191. The molecule has 0 saturated carbocycles. The first-order valence-corrected chi connectivity index (χ1v) is 13.0. The lowest BCUT2D eigenvalue weighted by Crippen LogP contribution is -2.21. The van der Waals surface area contributed by atoms with Crippen molar-refractivity contribution in [2.75, 3.05) is 11.1 Å². The highest BCUT2D eigenvalue weighted by Crippen LogP contribution is 2.34. The van der Waals surface area contributed by atoms with E-state index in [4.69, 9.17) is 5.41 Å². The molecule has 3 aromatic heterocycles. The minimum Gasteiger partial charge on any atom is -0.316 e. The maximum absolute atomic E-state index is 12.8. The van der Waals surface area contributed by atoms with Gasteiger partial charge in [0.2, 0.25) is 5.91 Å². The van der Waals surface area contributed by atoms with E-state index >= 15 is 0 Å². The normalized spacial score (nSPS) is 11.2. The van der Waals surface area contributed by atoms with Crippen LogP contribution in [0.4, 0.5) is 5.00 Å². The molecule has 0 unspecified atom stereocenters. The molecular formula is C24H24N4O2S3. The number of fused-ring (bicyclic) bond motifs is 1. The van der Waals surface area contributed by atoms with Gasteiger partial charge in [0.25, 0.3) is 5.56 Å². The Labute approximate surface area is 204 Å². The second kappa shape index (κ2) is 9.62. The van der Waals surface area contributed by atoms with Crippen molar-refractivity contribution >= 4 is 61.8 Å². The number of nitrogens with one attached hydrogen (secondary N) is 2.